The monoisotopic (exact) mass is 385 g/mol. The molecule has 0 bridgehead atoms. The third-order valence-electron chi connectivity index (χ3n) is 4.38. The van der Waals surface area contributed by atoms with Crippen molar-refractivity contribution in [2.75, 3.05) is 0 Å². The molecule has 1 unspecified atom stereocenters. The van der Waals surface area contributed by atoms with Crippen molar-refractivity contribution in [3.05, 3.63) is 63.4 Å². The van der Waals surface area contributed by atoms with Gasteiger partial charge in [-0.05, 0) is 51.4 Å². The van der Waals surface area contributed by atoms with E-state index in [9.17, 15) is 9.59 Å². The molecule has 1 aromatic carbocycles. The van der Waals surface area contributed by atoms with Crippen LogP contribution in [0.2, 0.25) is 0 Å². The Bertz CT molecular complexity index is 941. The van der Waals surface area contributed by atoms with Crippen molar-refractivity contribution < 1.29 is 4.79 Å². The van der Waals surface area contributed by atoms with Crippen molar-refractivity contribution >= 4 is 17.2 Å². The van der Waals surface area contributed by atoms with Gasteiger partial charge >= 0.3 is 5.69 Å². The van der Waals surface area contributed by atoms with Crippen LogP contribution in [0.4, 0.5) is 0 Å². The maximum atomic E-state index is 12.5. The third kappa shape index (κ3) is 4.33. The van der Waals surface area contributed by atoms with E-state index in [1.807, 2.05) is 23.6 Å². The number of aryl methyl sites for hydroxylation is 1. The van der Waals surface area contributed by atoms with E-state index in [1.54, 1.807) is 6.07 Å². The van der Waals surface area contributed by atoms with Crippen LogP contribution < -0.4 is 11.0 Å². The maximum Gasteiger partial charge on any atom is 0.369 e. The van der Waals surface area contributed by atoms with Gasteiger partial charge in [0.05, 0.1) is 6.04 Å². The number of hydrogen-bond donors (Lipinski definition) is 1. The standard InChI is InChI=1S/C19H23N5O2S/c1-4-14-7-9-15(10-8-14)18(13(2)3)20-16(25)12-23-19(26)24(22-21-23)17-6-5-11-27-17/h5-11,13,18H,4,12H2,1-3H3,(H,20,25). The molecular weight excluding hydrogens is 362 g/mol. The van der Waals surface area contributed by atoms with Gasteiger partial charge in [0.15, 0.2) is 0 Å². The molecule has 2 aromatic heterocycles. The van der Waals surface area contributed by atoms with E-state index < -0.39 is 5.69 Å². The molecular formula is C19H23N5O2S. The molecule has 0 aliphatic heterocycles. The molecule has 0 saturated carbocycles. The zero-order valence-corrected chi connectivity index (χ0v) is 16.4. The topological polar surface area (TPSA) is 81.8 Å². The van der Waals surface area contributed by atoms with Gasteiger partial charge in [0, 0.05) is 0 Å². The van der Waals surface area contributed by atoms with Gasteiger partial charge in [-0.1, -0.05) is 45.0 Å². The van der Waals surface area contributed by atoms with Crippen LogP contribution in [0.15, 0.2) is 46.6 Å². The van der Waals surface area contributed by atoms with Crippen molar-refractivity contribution in [1.29, 1.82) is 0 Å². The number of carbonyl (C=O) groups excluding carboxylic acids is 1. The van der Waals surface area contributed by atoms with Crippen LogP contribution in [0.5, 0.6) is 0 Å². The van der Waals surface area contributed by atoms with Crippen molar-refractivity contribution in [3.8, 4) is 5.00 Å². The number of benzene rings is 1. The normalized spacial score (nSPS) is 12.3. The smallest absolute Gasteiger partial charge is 0.347 e. The van der Waals surface area contributed by atoms with Gasteiger partial charge in [0.1, 0.15) is 11.5 Å². The van der Waals surface area contributed by atoms with Crippen LogP contribution in [-0.2, 0) is 17.8 Å². The highest BCUT2D eigenvalue weighted by Gasteiger charge is 2.20. The molecule has 3 aromatic rings. The Morgan fingerprint density at radius 3 is 2.52 bits per heavy atom. The number of amides is 1. The minimum atomic E-state index is -0.430. The summed E-state index contributed by atoms with van der Waals surface area (Å²) >= 11 is 1.38. The molecule has 0 fully saturated rings. The first-order valence-electron chi connectivity index (χ1n) is 8.94. The summed E-state index contributed by atoms with van der Waals surface area (Å²) < 4.78 is 2.27. The Balaban J connectivity index is 1.72. The van der Waals surface area contributed by atoms with E-state index in [2.05, 4.69) is 48.6 Å². The Morgan fingerprint density at radius 1 is 1.19 bits per heavy atom. The number of nitrogens with one attached hydrogen (secondary N) is 1. The summed E-state index contributed by atoms with van der Waals surface area (Å²) in [5.74, 6) is -0.0615. The van der Waals surface area contributed by atoms with Crippen molar-refractivity contribution in [3.63, 3.8) is 0 Å². The Morgan fingerprint density at radius 2 is 1.93 bits per heavy atom. The predicted molar refractivity (Wildman–Crippen MR) is 105 cm³/mol. The average molecular weight is 385 g/mol. The lowest BCUT2D eigenvalue weighted by molar-refractivity contribution is -0.123. The summed E-state index contributed by atoms with van der Waals surface area (Å²) in [7, 11) is 0. The van der Waals surface area contributed by atoms with Crippen LogP contribution in [0.3, 0.4) is 0 Å². The largest absolute Gasteiger partial charge is 0.369 e. The van der Waals surface area contributed by atoms with Crippen LogP contribution in [0.1, 0.15) is 37.9 Å². The lowest BCUT2D eigenvalue weighted by Crippen LogP contribution is -2.37. The van der Waals surface area contributed by atoms with E-state index in [0.717, 1.165) is 16.7 Å². The van der Waals surface area contributed by atoms with Gasteiger partial charge in [-0.3, -0.25) is 4.79 Å². The summed E-state index contributed by atoms with van der Waals surface area (Å²) in [6, 6.07) is 11.7. The van der Waals surface area contributed by atoms with Crippen LogP contribution in [0.25, 0.3) is 5.00 Å². The summed E-state index contributed by atoms with van der Waals surface area (Å²) in [4.78, 5) is 24.9. The molecule has 1 atom stereocenters. The van der Waals surface area contributed by atoms with Crippen molar-refractivity contribution in [2.24, 2.45) is 5.92 Å². The number of nitrogens with zero attached hydrogens (tertiary/aromatic N) is 4. The Kier molecular flexibility index (Phi) is 5.85. The molecule has 1 N–H and O–H groups in total. The zero-order valence-electron chi connectivity index (χ0n) is 15.6. The molecule has 27 heavy (non-hydrogen) atoms. The lowest BCUT2D eigenvalue weighted by Gasteiger charge is -2.23. The van der Waals surface area contributed by atoms with E-state index in [1.165, 1.54) is 21.6 Å². The van der Waals surface area contributed by atoms with Gasteiger partial charge in [0.25, 0.3) is 0 Å². The first-order chi connectivity index (χ1) is 13.0. The molecule has 8 heteroatoms. The molecule has 0 saturated heterocycles. The number of aromatic nitrogens is 4. The molecule has 7 nitrogen and oxygen atoms in total. The molecule has 0 aliphatic carbocycles. The Hall–Kier alpha value is -2.74. The van der Waals surface area contributed by atoms with Gasteiger partial charge in [-0.25, -0.2) is 4.79 Å². The highest BCUT2D eigenvalue weighted by molar-refractivity contribution is 7.12. The molecule has 0 aliphatic rings. The fourth-order valence-electron chi connectivity index (χ4n) is 2.85. The second-order valence-corrected chi connectivity index (χ2v) is 7.59. The number of thiophene rings is 1. The molecule has 142 valence electrons. The quantitative estimate of drug-likeness (QED) is 0.678. The van der Waals surface area contributed by atoms with Crippen LogP contribution in [0, 0.1) is 5.92 Å². The molecule has 0 radical (unpaired) electrons. The van der Waals surface area contributed by atoms with E-state index in [-0.39, 0.29) is 24.4 Å². The van der Waals surface area contributed by atoms with E-state index in [4.69, 9.17) is 0 Å². The Labute approximate surface area is 161 Å². The van der Waals surface area contributed by atoms with E-state index >= 15 is 0 Å². The van der Waals surface area contributed by atoms with Crippen molar-refractivity contribution in [1.82, 2.24) is 25.1 Å². The van der Waals surface area contributed by atoms with Gasteiger partial charge in [-0.15, -0.1) is 11.3 Å². The van der Waals surface area contributed by atoms with E-state index in [0.29, 0.717) is 5.00 Å². The minimum Gasteiger partial charge on any atom is -0.347 e. The minimum absolute atomic E-state index is 0.133. The molecule has 0 spiro atoms. The summed E-state index contributed by atoms with van der Waals surface area (Å²) in [6.07, 6.45) is 0.974. The highest BCUT2D eigenvalue weighted by atomic mass is 32.1. The molecule has 3 rings (SSSR count). The predicted octanol–water partition coefficient (Wildman–Crippen LogP) is 2.57. The van der Waals surface area contributed by atoms with Gasteiger partial charge in [-0.2, -0.15) is 9.36 Å². The molecule has 1 amide bonds. The summed E-state index contributed by atoms with van der Waals surface area (Å²) in [5.41, 5.74) is 1.87. The number of rotatable bonds is 7. The first kappa shape index (κ1) is 19.0. The lowest BCUT2D eigenvalue weighted by atomic mass is 9.95. The maximum absolute atomic E-state index is 12.5. The molecule has 2 heterocycles. The third-order valence-corrected chi connectivity index (χ3v) is 5.22. The number of carbonyl (C=O) groups is 1. The fourth-order valence-corrected chi connectivity index (χ4v) is 3.52. The summed E-state index contributed by atoms with van der Waals surface area (Å²) in [5, 5.41) is 13.2. The van der Waals surface area contributed by atoms with Crippen LogP contribution in [-0.4, -0.2) is 25.7 Å². The second-order valence-electron chi connectivity index (χ2n) is 6.67. The summed E-state index contributed by atoms with van der Waals surface area (Å²) in [6.45, 7) is 6.05. The number of tetrazole rings is 1. The first-order valence-corrected chi connectivity index (χ1v) is 9.82. The SMILES string of the molecule is CCc1ccc(C(NC(=O)Cn2nnn(-c3cccs3)c2=O)C(C)C)cc1. The van der Waals surface area contributed by atoms with Gasteiger partial charge in [0.2, 0.25) is 5.91 Å². The van der Waals surface area contributed by atoms with Crippen molar-refractivity contribution in [2.45, 2.75) is 39.8 Å². The van der Waals surface area contributed by atoms with Gasteiger partial charge < -0.3 is 5.32 Å². The second kappa shape index (κ2) is 8.30. The number of hydrogen-bond acceptors (Lipinski definition) is 5. The fraction of sp³-hybridized carbons (Fsp3) is 0.368. The van der Waals surface area contributed by atoms with Crippen LogP contribution >= 0.6 is 11.3 Å². The zero-order chi connectivity index (χ0) is 19.4. The highest BCUT2D eigenvalue weighted by Crippen LogP contribution is 2.22. The average Bonchev–Trinajstić information content (AvgIpc) is 3.30.